The number of carbonyl (C=O) groups excluding carboxylic acids is 1. The lowest BCUT2D eigenvalue weighted by atomic mass is 10.1. The third kappa shape index (κ3) is 3.40. The van der Waals surface area contributed by atoms with E-state index < -0.39 is 5.25 Å². The summed E-state index contributed by atoms with van der Waals surface area (Å²) in [5.74, 6) is 1.62. The second-order valence-corrected chi connectivity index (χ2v) is 7.30. The molecule has 2 heterocycles. The van der Waals surface area contributed by atoms with Crippen LogP contribution in [0.2, 0.25) is 5.02 Å². The third-order valence-corrected chi connectivity index (χ3v) is 4.95. The summed E-state index contributed by atoms with van der Waals surface area (Å²) in [6, 6.07) is 12.2. The number of ether oxygens (including phenoxy) is 2. The first-order chi connectivity index (χ1) is 12.6. The van der Waals surface area contributed by atoms with E-state index in [9.17, 15) is 4.79 Å². The molecule has 0 aliphatic carbocycles. The molecule has 0 N–H and O–H groups in total. The summed E-state index contributed by atoms with van der Waals surface area (Å²) in [5.41, 5.74) is 1.27. The largest absolute Gasteiger partial charge is 0.454 e. The number of hydrogen-bond donors (Lipinski definition) is 0. The first-order valence-electron chi connectivity index (χ1n) is 7.80. The number of hydrogen-bond acceptors (Lipinski definition) is 7. The molecule has 0 spiro atoms. The van der Waals surface area contributed by atoms with E-state index in [0.717, 1.165) is 5.56 Å². The highest BCUT2D eigenvalue weighted by Crippen LogP contribution is 2.36. The maximum atomic E-state index is 12.5. The summed E-state index contributed by atoms with van der Waals surface area (Å²) in [6.07, 6.45) is 0. The third-order valence-electron chi connectivity index (χ3n) is 3.78. The summed E-state index contributed by atoms with van der Waals surface area (Å²) < 4.78 is 16.3. The van der Waals surface area contributed by atoms with Crippen LogP contribution in [0.1, 0.15) is 17.3 Å². The summed E-state index contributed by atoms with van der Waals surface area (Å²) in [6.45, 7) is 1.99. The number of aromatic nitrogens is 2. The molecule has 4 rings (SSSR count). The van der Waals surface area contributed by atoms with Crippen molar-refractivity contribution in [2.75, 3.05) is 6.79 Å². The summed E-state index contributed by atoms with van der Waals surface area (Å²) in [7, 11) is 0. The molecule has 1 aliphatic heterocycles. The van der Waals surface area contributed by atoms with Crippen molar-refractivity contribution in [1.82, 2.24) is 10.2 Å². The Bertz CT molecular complexity index is 975. The Balaban J connectivity index is 1.49. The minimum Gasteiger partial charge on any atom is -0.454 e. The van der Waals surface area contributed by atoms with Crippen molar-refractivity contribution in [3.05, 3.63) is 53.1 Å². The number of fused-ring (bicyclic) bond motifs is 1. The zero-order valence-corrected chi connectivity index (χ0v) is 15.2. The minimum atomic E-state index is -0.390. The molecular formula is C18H13ClN2O4S. The van der Waals surface area contributed by atoms with Crippen molar-refractivity contribution in [2.45, 2.75) is 17.4 Å². The van der Waals surface area contributed by atoms with Crippen LogP contribution in [0.4, 0.5) is 0 Å². The van der Waals surface area contributed by atoms with Gasteiger partial charge in [0.2, 0.25) is 12.7 Å². The van der Waals surface area contributed by atoms with Gasteiger partial charge >= 0.3 is 0 Å². The van der Waals surface area contributed by atoms with E-state index in [1.54, 1.807) is 43.3 Å². The lowest BCUT2D eigenvalue weighted by Gasteiger charge is -2.07. The molecule has 1 aromatic heterocycles. The number of rotatable bonds is 5. The van der Waals surface area contributed by atoms with Gasteiger partial charge in [0.1, 0.15) is 0 Å². The van der Waals surface area contributed by atoms with Gasteiger partial charge in [0.15, 0.2) is 17.3 Å². The topological polar surface area (TPSA) is 74.5 Å². The van der Waals surface area contributed by atoms with Crippen LogP contribution >= 0.6 is 23.4 Å². The van der Waals surface area contributed by atoms with E-state index >= 15 is 0 Å². The van der Waals surface area contributed by atoms with Crippen LogP contribution in [-0.2, 0) is 0 Å². The van der Waals surface area contributed by atoms with Crippen molar-refractivity contribution in [2.24, 2.45) is 0 Å². The summed E-state index contributed by atoms with van der Waals surface area (Å²) >= 11 is 7.15. The highest BCUT2D eigenvalue weighted by Gasteiger charge is 2.21. The number of nitrogens with zero attached hydrogens (tertiary/aromatic N) is 2. The molecule has 0 saturated heterocycles. The van der Waals surface area contributed by atoms with E-state index in [1.807, 2.05) is 6.07 Å². The number of ketones is 1. The van der Waals surface area contributed by atoms with Crippen LogP contribution in [0, 0.1) is 0 Å². The van der Waals surface area contributed by atoms with E-state index in [1.165, 1.54) is 11.8 Å². The van der Waals surface area contributed by atoms with Gasteiger partial charge in [-0.3, -0.25) is 4.79 Å². The molecular weight excluding hydrogens is 376 g/mol. The predicted molar refractivity (Wildman–Crippen MR) is 97.0 cm³/mol. The molecule has 1 atom stereocenters. The summed E-state index contributed by atoms with van der Waals surface area (Å²) in [5, 5.41) is 8.51. The smallest absolute Gasteiger partial charge is 0.277 e. The average Bonchev–Trinajstić information content (AvgIpc) is 3.29. The number of Topliss-reactive ketones (excluding diaryl/α,β-unsaturated/α-hetero) is 1. The van der Waals surface area contributed by atoms with Gasteiger partial charge in [-0.1, -0.05) is 35.5 Å². The molecule has 2 aromatic carbocycles. The van der Waals surface area contributed by atoms with Gasteiger partial charge in [-0.15, -0.1) is 10.2 Å². The Morgan fingerprint density at radius 2 is 2.00 bits per heavy atom. The fourth-order valence-corrected chi connectivity index (χ4v) is 3.44. The van der Waals surface area contributed by atoms with E-state index in [2.05, 4.69) is 10.2 Å². The predicted octanol–water partition coefficient (Wildman–Crippen LogP) is 4.48. The van der Waals surface area contributed by atoms with E-state index in [0.29, 0.717) is 33.2 Å². The number of thioether (sulfide) groups is 1. The van der Waals surface area contributed by atoms with Gasteiger partial charge < -0.3 is 13.9 Å². The fourth-order valence-electron chi connectivity index (χ4n) is 2.48. The molecule has 6 nitrogen and oxygen atoms in total. The Morgan fingerprint density at radius 3 is 2.85 bits per heavy atom. The second kappa shape index (κ2) is 7.01. The quantitative estimate of drug-likeness (QED) is 0.471. The lowest BCUT2D eigenvalue weighted by molar-refractivity contribution is 0.0993. The van der Waals surface area contributed by atoms with Gasteiger partial charge in [-0.25, -0.2) is 0 Å². The van der Waals surface area contributed by atoms with Gasteiger partial charge in [0, 0.05) is 16.1 Å². The molecule has 0 bridgehead atoms. The van der Waals surface area contributed by atoms with Crippen LogP contribution in [0.15, 0.2) is 52.1 Å². The Labute approximate surface area is 158 Å². The monoisotopic (exact) mass is 388 g/mol. The Hall–Kier alpha value is -2.51. The van der Waals surface area contributed by atoms with Crippen molar-refractivity contribution in [3.8, 4) is 23.0 Å². The molecule has 8 heteroatoms. The Kier molecular flexibility index (Phi) is 4.57. The van der Waals surface area contributed by atoms with Crippen LogP contribution in [-0.4, -0.2) is 28.0 Å². The van der Waals surface area contributed by atoms with Crippen molar-refractivity contribution >= 4 is 29.1 Å². The zero-order chi connectivity index (χ0) is 18.1. The van der Waals surface area contributed by atoms with Gasteiger partial charge in [-0.05, 0) is 37.3 Å². The van der Waals surface area contributed by atoms with Gasteiger partial charge in [0.05, 0.1) is 5.25 Å². The van der Waals surface area contributed by atoms with Crippen molar-refractivity contribution < 1.29 is 18.7 Å². The average molecular weight is 389 g/mol. The molecule has 0 radical (unpaired) electrons. The molecule has 26 heavy (non-hydrogen) atoms. The van der Waals surface area contributed by atoms with Crippen molar-refractivity contribution in [3.63, 3.8) is 0 Å². The van der Waals surface area contributed by atoms with Gasteiger partial charge in [0.25, 0.3) is 5.22 Å². The maximum Gasteiger partial charge on any atom is 0.277 e. The second-order valence-electron chi connectivity index (χ2n) is 5.58. The Morgan fingerprint density at radius 1 is 1.15 bits per heavy atom. The van der Waals surface area contributed by atoms with Crippen molar-refractivity contribution in [1.29, 1.82) is 0 Å². The zero-order valence-electron chi connectivity index (χ0n) is 13.6. The highest BCUT2D eigenvalue weighted by atomic mass is 35.5. The maximum absolute atomic E-state index is 12.5. The highest BCUT2D eigenvalue weighted by molar-refractivity contribution is 8.00. The standard InChI is InChI=1S/C18H13ClN2O4S/c1-10(16(22)11-3-2-4-13(19)7-11)26-18-21-20-17(25-18)12-5-6-14-15(8-12)24-9-23-14/h2-8,10H,9H2,1H3/t10-/m0/s1. The van der Waals surface area contributed by atoms with Crippen LogP contribution in [0.3, 0.4) is 0 Å². The van der Waals surface area contributed by atoms with Crippen LogP contribution in [0.5, 0.6) is 11.5 Å². The lowest BCUT2D eigenvalue weighted by Crippen LogP contribution is -2.13. The van der Waals surface area contributed by atoms with Gasteiger partial charge in [-0.2, -0.15) is 0 Å². The van der Waals surface area contributed by atoms with Crippen LogP contribution in [0.25, 0.3) is 11.5 Å². The SMILES string of the molecule is C[C@H](Sc1nnc(-c2ccc3c(c2)OCO3)o1)C(=O)c1cccc(Cl)c1. The molecule has 132 valence electrons. The first kappa shape index (κ1) is 16.9. The van der Waals surface area contributed by atoms with E-state index in [-0.39, 0.29) is 12.6 Å². The first-order valence-corrected chi connectivity index (χ1v) is 9.06. The molecule has 0 fully saturated rings. The fraction of sp³-hybridized carbons (Fsp3) is 0.167. The molecule has 3 aromatic rings. The number of benzene rings is 2. The number of carbonyl (C=O) groups is 1. The molecule has 0 amide bonds. The molecule has 0 saturated carbocycles. The summed E-state index contributed by atoms with van der Waals surface area (Å²) in [4.78, 5) is 12.5. The molecule has 1 aliphatic rings. The minimum absolute atomic E-state index is 0.0553. The van der Waals surface area contributed by atoms with E-state index in [4.69, 9.17) is 25.5 Å². The number of halogens is 1. The normalized spacial score (nSPS) is 13.6. The molecule has 0 unspecified atom stereocenters. The van der Waals surface area contributed by atoms with Crippen LogP contribution < -0.4 is 9.47 Å².